The Labute approximate surface area is 203 Å². The minimum Gasteiger partial charge on any atom is -0.464 e. The highest BCUT2D eigenvalue weighted by atomic mass is 32.2. The molecule has 0 spiro atoms. The number of hydrogen-bond donors (Lipinski definition) is 1. The average molecular weight is 485 g/mol. The Bertz CT molecular complexity index is 1610. The van der Waals surface area contributed by atoms with E-state index in [9.17, 15) is 13.2 Å². The van der Waals surface area contributed by atoms with E-state index >= 15 is 0 Å². The van der Waals surface area contributed by atoms with Crippen molar-refractivity contribution in [2.24, 2.45) is 0 Å². The van der Waals surface area contributed by atoms with E-state index < -0.39 is 10.0 Å². The summed E-state index contributed by atoms with van der Waals surface area (Å²) in [4.78, 5) is 13.0. The lowest BCUT2D eigenvalue weighted by Gasteiger charge is -2.23. The second-order valence-corrected chi connectivity index (χ2v) is 10.0. The fourth-order valence-electron chi connectivity index (χ4n) is 4.31. The number of rotatable bonds is 7. The molecule has 0 bridgehead atoms. The van der Waals surface area contributed by atoms with Gasteiger partial charge in [-0.25, -0.2) is 8.42 Å². The SMILES string of the molecule is CCN(c1ccccc1)S(=O)(=O)c1ccc(NC(=O)Cc2coc3ccc4ccccc4c23)cc1. The summed E-state index contributed by atoms with van der Waals surface area (Å²) in [7, 11) is -3.73. The molecule has 4 aromatic carbocycles. The summed E-state index contributed by atoms with van der Waals surface area (Å²) in [5.41, 5.74) is 2.66. The molecule has 0 radical (unpaired) electrons. The number of nitrogens with one attached hydrogen (secondary N) is 1. The number of amides is 1. The molecule has 35 heavy (non-hydrogen) atoms. The smallest absolute Gasteiger partial charge is 0.264 e. The standard InChI is InChI=1S/C28H24N2O4S/c1-2-30(23-9-4-3-5-10-23)35(32,33)24-15-13-22(14-16-24)29-27(31)18-21-19-34-26-17-12-20-8-6-7-11-25(20)28(21)26/h3-17,19H,2,18H2,1H3,(H,29,31). The first-order valence-electron chi connectivity index (χ1n) is 11.3. The van der Waals surface area contributed by atoms with Gasteiger partial charge in [0.2, 0.25) is 5.91 Å². The zero-order valence-corrected chi connectivity index (χ0v) is 20.0. The van der Waals surface area contributed by atoms with E-state index in [4.69, 9.17) is 4.42 Å². The lowest BCUT2D eigenvalue weighted by molar-refractivity contribution is -0.115. The van der Waals surface area contributed by atoms with Crippen LogP contribution in [0.2, 0.25) is 0 Å². The molecule has 0 aliphatic carbocycles. The summed E-state index contributed by atoms with van der Waals surface area (Å²) < 4.78 is 33.4. The Balaban J connectivity index is 1.34. The number of para-hydroxylation sites is 1. The number of carbonyl (C=O) groups is 1. The Morgan fingerprint density at radius 2 is 1.60 bits per heavy atom. The minimum absolute atomic E-state index is 0.138. The lowest BCUT2D eigenvalue weighted by Crippen LogP contribution is -2.30. The van der Waals surface area contributed by atoms with Gasteiger partial charge in [-0.2, -0.15) is 0 Å². The van der Waals surface area contributed by atoms with E-state index in [1.54, 1.807) is 49.6 Å². The van der Waals surface area contributed by atoms with Gasteiger partial charge in [-0.3, -0.25) is 9.10 Å². The van der Waals surface area contributed by atoms with Gasteiger partial charge >= 0.3 is 0 Å². The van der Waals surface area contributed by atoms with Crippen molar-refractivity contribution >= 4 is 49.0 Å². The number of nitrogens with zero attached hydrogens (tertiary/aromatic N) is 1. The molecular formula is C28H24N2O4S. The quantitative estimate of drug-likeness (QED) is 0.308. The van der Waals surface area contributed by atoms with Crippen LogP contribution in [0, 0.1) is 0 Å². The van der Waals surface area contributed by atoms with Crippen molar-refractivity contribution in [3.63, 3.8) is 0 Å². The van der Waals surface area contributed by atoms with E-state index in [-0.39, 0.29) is 17.2 Å². The number of hydrogen-bond acceptors (Lipinski definition) is 4. The van der Waals surface area contributed by atoms with Gasteiger partial charge in [0.25, 0.3) is 10.0 Å². The van der Waals surface area contributed by atoms with Crippen LogP contribution in [-0.2, 0) is 21.2 Å². The summed E-state index contributed by atoms with van der Waals surface area (Å²) in [5.74, 6) is -0.212. The molecule has 5 aromatic rings. The highest BCUT2D eigenvalue weighted by Crippen LogP contribution is 2.30. The Morgan fingerprint density at radius 3 is 2.34 bits per heavy atom. The van der Waals surface area contributed by atoms with Crippen LogP contribution in [-0.4, -0.2) is 20.9 Å². The summed E-state index contributed by atoms with van der Waals surface area (Å²) in [6.45, 7) is 2.10. The van der Waals surface area contributed by atoms with Crippen molar-refractivity contribution in [1.82, 2.24) is 0 Å². The van der Waals surface area contributed by atoms with Crippen LogP contribution in [0.5, 0.6) is 0 Å². The first-order chi connectivity index (χ1) is 17.0. The Kier molecular flexibility index (Phi) is 6.01. The second kappa shape index (κ2) is 9.27. The van der Waals surface area contributed by atoms with Gasteiger partial charge < -0.3 is 9.73 Å². The number of carbonyl (C=O) groups excluding carboxylic acids is 1. The van der Waals surface area contributed by atoms with Crippen LogP contribution in [0.15, 0.2) is 107 Å². The molecule has 1 aromatic heterocycles. The number of sulfonamides is 1. The van der Waals surface area contributed by atoms with Crippen molar-refractivity contribution in [2.75, 3.05) is 16.2 Å². The molecule has 5 rings (SSSR count). The molecule has 6 nitrogen and oxygen atoms in total. The zero-order valence-electron chi connectivity index (χ0n) is 19.1. The van der Waals surface area contributed by atoms with Crippen LogP contribution in [0.3, 0.4) is 0 Å². The van der Waals surface area contributed by atoms with Crippen LogP contribution < -0.4 is 9.62 Å². The fourth-order valence-corrected chi connectivity index (χ4v) is 5.78. The number of fused-ring (bicyclic) bond motifs is 3. The van der Waals surface area contributed by atoms with Gasteiger partial charge in [-0.15, -0.1) is 0 Å². The summed E-state index contributed by atoms with van der Waals surface area (Å²) in [6, 6.07) is 27.1. The molecule has 1 amide bonds. The fraction of sp³-hybridized carbons (Fsp3) is 0.107. The molecular weight excluding hydrogens is 460 g/mol. The number of furan rings is 1. The van der Waals surface area contributed by atoms with E-state index in [2.05, 4.69) is 5.32 Å². The molecule has 0 atom stereocenters. The molecule has 7 heteroatoms. The summed E-state index contributed by atoms with van der Waals surface area (Å²) in [5, 5.41) is 5.91. The molecule has 1 N–H and O–H groups in total. The second-order valence-electron chi connectivity index (χ2n) is 8.18. The van der Waals surface area contributed by atoms with Crippen molar-refractivity contribution in [3.05, 3.63) is 103 Å². The Hall–Kier alpha value is -4.10. The maximum Gasteiger partial charge on any atom is 0.264 e. The van der Waals surface area contributed by atoms with Gasteiger partial charge in [-0.1, -0.05) is 48.5 Å². The molecule has 176 valence electrons. The number of anilines is 2. The molecule has 0 aliphatic heterocycles. The molecule has 0 saturated heterocycles. The third-order valence-corrected chi connectivity index (χ3v) is 7.87. The van der Waals surface area contributed by atoms with E-state index in [0.29, 0.717) is 17.9 Å². The Morgan fingerprint density at radius 1 is 0.886 bits per heavy atom. The van der Waals surface area contributed by atoms with Crippen molar-refractivity contribution in [2.45, 2.75) is 18.2 Å². The third-order valence-electron chi connectivity index (χ3n) is 5.95. The van der Waals surface area contributed by atoms with Crippen molar-refractivity contribution < 1.29 is 17.6 Å². The van der Waals surface area contributed by atoms with E-state index in [0.717, 1.165) is 27.3 Å². The van der Waals surface area contributed by atoms with E-state index in [1.165, 1.54) is 16.4 Å². The zero-order chi connectivity index (χ0) is 24.4. The van der Waals surface area contributed by atoms with Crippen molar-refractivity contribution in [3.8, 4) is 0 Å². The number of benzene rings is 4. The highest BCUT2D eigenvalue weighted by Gasteiger charge is 2.23. The lowest BCUT2D eigenvalue weighted by atomic mass is 10.0. The summed E-state index contributed by atoms with van der Waals surface area (Å²) >= 11 is 0. The predicted octanol–water partition coefficient (Wildman–Crippen LogP) is 5.98. The monoisotopic (exact) mass is 484 g/mol. The first-order valence-corrected chi connectivity index (χ1v) is 12.8. The molecule has 1 heterocycles. The highest BCUT2D eigenvalue weighted by molar-refractivity contribution is 7.92. The molecule has 0 unspecified atom stereocenters. The minimum atomic E-state index is -3.73. The normalized spacial score (nSPS) is 11.6. The van der Waals surface area contributed by atoms with Gasteiger partial charge in [0.15, 0.2) is 0 Å². The first kappa shape index (κ1) is 22.7. The topological polar surface area (TPSA) is 79.6 Å². The molecule has 0 fully saturated rings. The van der Waals surface area contributed by atoms with Crippen LogP contribution in [0.25, 0.3) is 21.7 Å². The summed E-state index contributed by atoms with van der Waals surface area (Å²) in [6.07, 6.45) is 1.76. The van der Waals surface area contributed by atoms with Crippen LogP contribution in [0.4, 0.5) is 11.4 Å². The molecule has 0 saturated carbocycles. The average Bonchev–Trinajstić information content (AvgIpc) is 3.28. The maximum absolute atomic E-state index is 13.2. The predicted molar refractivity (Wildman–Crippen MR) is 139 cm³/mol. The largest absolute Gasteiger partial charge is 0.464 e. The maximum atomic E-state index is 13.2. The van der Waals surface area contributed by atoms with Crippen LogP contribution in [0.1, 0.15) is 12.5 Å². The van der Waals surface area contributed by atoms with Gasteiger partial charge in [0.05, 0.1) is 23.3 Å². The third kappa shape index (κ3) is 4.38. The van der Waals surface area contributed by atoms with E-state index in [1.807, 2.05) is 42.5 Å². The van der Waals surface area contributed by atoms with Gasteiger partial charge in [-0.05, 0) is 60.2 Å². The van der Waals surface area contributed by atoms with Gasteiger partial charge in [0.1, 0.15) is 5.58 Å². The van der Waals surface area contributed by atoms with Crippen molar-refractivity contribution in [1.29, 1.82) is 0 Å². The van der Waals surface area contributed by atoms with Crippen LogP contribution >= 0.6 is 0 Å². The van der Waals surface area contributed by atoms with Gasteiger partial charge in [0, 0.05) is 23.2 Å². The molecule has 0 aliphatic rings.